The van der Waals surface area contributed by atoms with E-state index < -0.39 is 6.04 Å². The zero-order chi connectivity index (χ0) is 20.8. The number of fused-ring (bicyclic) bond motifs is 1. The molecule has 154 valence electrons. The quantitative estimate of drug-likeness (QED) is 0.744. The van der Waals surface area contributed by atoms with Crippen LogP contribution in [-0.2, 0) is 22.6 Å². The van der Waals surface area contributed by atoms with Crippen molar-refractivity contribution in [1.82, 2.24) is 10.2 Å². The van der Waals surface area contributed by atoms with E-state index in [1.807, 2.05) is 50.2 Å². The van der Waals surface area contributed by atoms with E-state index in [1.165, 1.54) is 0 Å². The van der Waals surface area contributed by atoms with E-state index in [2.05, 4.69) is 11.4 Å². The van der Waals surface area contributed by atoms with E-state index in [4.69, 9.17) is 9.47 Å². The van der Waals surface area contributed by atoms with Crippen molar-refractivity contribution in [3.8, 4) is 11.5 Å². The minimum absolute atomic E-state index is 0.0420. The SMILES string of the molecule is CC[C@H](C(=O)NC)N(Cc1cccc(C)c1)C(=O)CCc1ccc2c(c1)OCO2. The minimum atomic E-state index is -0.496. The first-order valence-corrected chi connectivity index (χ1v) is 9.97. The van der Waals surface area contributed by atoms with Gasteiger partial charge in [0.05, 0.1) is 0 Å². The van der Waals surface area contributed by atoms with Crippen molar-refractivity contribution in [3.05, 3.63) is 59.2 Å². The van der Waals surface area contributed by atoms with E-state index in [-0.39, 0.29) is 18.6 Å². The van der Waals surface area contributed by atoms with E-state index >= 15 is 0 Å². The maximum atomic E-state index is 13.2. The molecule has 0 saturated carbocycles. The molecule has 6 heteroatoms. The first-order valence-electron chi connectivity index (χ1n) is 9.97. The van der Waals surface area contributed by atoms with Crippen LogP contribution in [-0.4, -0.2) is 36.6 Å². The van der Waals surface area contributed by atoms with Crippen molar-refractivity contribution in [2.24, 2.45) is 0 Å². The molecule has 1 N–H and O–H groups in total. The summed E-state index contributed by atoms with van der Waals surface area (Å²) in [7, 11) is 1.60. The molecule has 0 spiro atoms. The Balaban J connectivity index is 1.74. The highest BCUT2D eigenvalue weighted by atomic mass is 16.7. The number of likely N-dealkylation sites (N-methyl/N-ethyl adjacent to an activating group) is 1. The topological polar surface area (TPSA) is 67.9 Å². The lowest BCUT2D eigenvalue weighted by molar-refractivity contribution is -0.141. The van der Waals surface area contributed by atoms with Gasteiger partial charge in [0.1, 0.15) is 6.04 Å². The Labute approximate surface area is 171 Å². The molecule has 2 aromatic rings. The maximum Gasteiger partial charge on any atom is 0.242 e. The number of ether oxygens (including phenoxy) is 2. The molecule has 29 heavy (non-hydrogen) atoms. The lowest BCUT2D eigenvalue weighted by Gasteiger charge is -2.30. The molecule has 0 bridgehead atoms. The third-order valence-corrected chi connectivity index (χ3v) is 5.13. The fourth-order valence-electron chi connectivity index (χ4n) is 3.58. The number of rotatable bonds is 8. The Hall–Kier alpha value is -3.02. The highest BCUT2D eigenvalue weighted by molar-refractivity contribution is 5.87. The third kappa shape index (κ3) is 5.08. The molecule has 1 aliphatic heterocycles. The molecule has 6 nitrogen and oxygen atoms in total. The van der Waals surface area contributed by atoms with Gasteiger partial charge in [0.15, 0.2) is 11.5 Å². The molecule has 0 aromatic heterocycles. The molecule has 1 heterocycles. The summed E-state index contributed by atoms with van der Waals surface area (Å²) < 4.78 is 10.8. The predicted molar refractivity (Wildman–Crippen MR) is 111 cm³/mol. The van der Waals surface area contributed by atoms with Crippen LogP contribution in [0.3, 0.4) is 0 Å². The zero-order valence-electron chi connectivity index (χ0n) is 17.2. The van der Waals surface area contributed by atoms with Gasteiger partial charge in [-0.3, -0.25) is 9.59 Å². The van der Waals surface area contributed by atoms with Gasteiger partial charge in [-0.15, -0.1) is 0 Å². The van der Waals surface area contributed by atoms with Crippen LogP contribution in [0.1, 0.15) is 36.5 Å². The Morgan fingerprint density at radius 2 is 1.90 bits per heavy atom. The summed E-state index contributed by atoms with van der Waals surface area (Å²) >= 11 is 0. The number of aryl methyl sites for hydroxylation is 2. The minimum Gasteiger partial charge on any atom is -0.454 e. The Bertz CT molecular complexity index is 881. The van der Waals surface area contributed by atoms with Gasteiger partial charge in [0.25, 0.3) is 0 Å². The second-order valence-corrected chi connectivity index (χ2v) is 7.24. The fraction of sp³-hybridized carbons (Fsp3) is 0.391. The smallest absolute Gasteiger partial charge is 0.242 e. The van der Waals surface area contributed by atoms with Crippen LogP contribution in [0.15, 0.2) is 42.5 Å². The van der Waals surface area contributed by atoms with Gasteiger partial charge in [-0.25, -0.2) is 0 Å². The van der Waals surface area contributed by atoms with Crippen molar-refractivity contribution in [2.75, 3.05) is 13.8 Å². The van der Waals surface area contributed by atoms with E-state index in [0.717, 1.165) is 22.4 Å². The molecular formula is C23H28N2O4. The number of nitrogens with one attached hydrogen (secondary N) is 1. The predicted octanol–water partition coefficient (Wildman–Crippen LogP) is 3.21. The number of hydrogen-bond acceptors (Lipinski definition) is 4. The molecule has 0 aliphatic carbocycles. The second-order valence-electron chi connectivity index (χ2n) is 7.24. The molecule has 0 radical (unpaired) electrons. The van der Waals surface area contributed by atoms with Crippen LogP contribution in [0, 0.1) is 6.92 Å². The fourth-order valence-corrected chi connectivity index (χ4v) is 3.58. The highest BCUT2D eigenvalue weighted by Crippen LogP contribution is 2.32. The van der Waals surface area contributed by atoms with Gasteiger partial charge < -0.3 is 19.7 Å². The number of carbonyl (C=O) groups excluding carboxylic acids is 2. The average Bonchev–Trinajstić information content (AvgIpc) is 3.19. The van der Waals surface area contributed by atoms with E-state index in [0.29, 0.717) is 31.6 Å². The number of amides is 2. The molecule has 0 saturated heterocycles. The molecule has 1 atom stereocenters. The van der Waals surface area contributed by atoms with Crippen LogP contribution >= 0.6 is 0 Å². The molecule has 0 unspecified atom stereocenters. The first-order chi connectivity index (χ1) is 14.0. The maximum absolute atomic E-state index is 13.2. The van der Waals surface area contributed by atoms with Crippen LogP contribution in [0.25, 0.3) is 0 Å². The Kier molecular flexibility index (Phi) is 6.75. The van der Waals surface area contributed by atoms with Crippen molar-refractivity contribution < 1.29 is 19.1 Å². The zero-order valence-corrected chi connectivity index (χ0v) is 17.2. The van der Waals surface area contributed by atoms with Crippen molar-refractivity contribution in [1.29, 1.82) is 0 Å². The molecule has 3 rings (SSSR count). The van der Waals surface area contributed by atoms with E-state index in [1.54, 1.807) is 11.9 Å². The van der Waals surface area contributed by atoms with Gasteiger partial charge in [0, 0.05) is 20.0 Å². The first kappa shape index (κ1) is 20.7. The van der Waals surface area contributed by atoms with Gasteiger partial charge in [-0.05, 0) is 43.0 Å². The Morgan fingerprint density at radius 1 is 1.10 bits per heavy atom. The van der Waals surface area contributed by atoms with Crippen LogP contribution in [0.5, 0.6) is 11.5 Å². The molecule has 0 fully saturated rings. The summed E-state index contributed by atoms with van der Waals surface area (Å²) in [5.74, 6) is 1.26. The monoisotopic (exact) mass is 396 g/mol. The van der Waals surface area contributed by atoms with Gasteiger partial charge in [-0.1, -0.05) is 42.8 Å². The third-order valence-electron chi connectivity index (χ3n) is 5.13. The second kappa shape index (κ2) is 9.45. The molecule has 2 aromatic carbocycles. The summed E-state index contributed by atoms with van der Waals surface area (Å²) in [6.07, 6.45) is 1.45. The van der Waals surface area contributed by atoms with E-state index in [9.17, 15) is 9.59 Å². The lowest BCUT2D eigenvalue weighted by Crippen LogP contribution is -2.48. The van der Waals surface area contributed by atoms with Crippen molar-refractivity contribution in [3.63, 3.8) is 0 Å². The lowest BCUT2D eigenvalue weighted by atomic mass is 10.0. The number of carbonyl (C=O) groups is 2. The molecule has 1 aliphatic rings. The Morgan fingerprint density at radius 3 is 2.62 bits per heavy atom. The molecular weight excluding hydrogens is 368 g/mol. The summed E-state index contributed by atoms with van der Waals surface area (Å²) in [5.41, 5.74) is 3.15. The number of nitrogens with zero attached hydrogens (tertiary/aromatic N) is 1. The number of benzene rings is 2. The summed E-state index contributed by atoms with van der Waals surface area (Å²) in [5, 5.41) is 2.69. The van der Waals surface area contributed by atoms with Gasteiger partial charge in [0.2, 0.25) is 18.6 Å². The van der Waals surface area contributed by atoms with Crippen LogP contribution in [0.4, 0.5) is 0 Å². The summed E-state index contributed by atoms with van der Waals surface area (Å²) in [6.45, 7) is 4.58. The summed E-state index contributed by atoms with van der Waals surface area (Å²) in [4.78, 5) is 27.3. The largest absolute Gasteiger partial charge is 0.454 e. The van der Waals surface area contributed by atoms with Crippen molar-refractivity contribution in [2.45, 2.75) is 45.7 Å². The normalized spacial score (nSPS) is 13.1. The van der Waals surface area contributed by atoms with Gasteiger partial charge >= 0.3 is 0 Å². The average molecular weight is 396 g/mol. The van der Waals surface area contributed by atoms with Crippen LogP contribution in [0.2, 0.25) is 0 Å². The molecule has 2 amide bonds. The van der Waals surface area contributed by atoms with Gasteiger partial charge in [-0.2, -0.15) is 0 Å². The standard InChI is InChI=1S/C23H28N2O4/c1-4-19(23(27)24-3)25(14-18-7-5-6-16(2)12-18)22(26)11-9-17-8-10-20-21(13-17)29-15-28-20/h5-8,10,12-13,19H,4,9,11,14-15H2,1-3H3,(H,24,27)/t19-/m1/s1. The summed E-state index contributed by atoms with van der Waals surface area (Å²) in [6, 6.07) is 13.3. The highest BCUT2D eigenvalue weighted by Gasteiger charge is 2.27. The van der Waals surface area contributed by atoms with Crippen LogP contribution < -0.4 is 14.8 Å². The number of hydrogen-bond donors (Lipinski definition) is 1. The van der Waals surface area contributed by atoms with Crippen molar-refractivity contribution >= 4 is 11.8 Å².